The van der Waals surface area contributed by atoms with Gasteiger partial charge >= 0.3 is 0 Å². The predicted octanol–water partition coefficient (Wildman–Crippen LogP) is 3.27. The van der Waals surface area contributed by atoms with Gasteiger partial charge in [0.1, 0.15) is 29.1 Å². The van der Waals surface area contributed by atoms with Gasteiger partial charge in [-0.25, -0.2) is 39.9 Å². The standard InChI is InChI=1S/C20H18F5N5O2S/c21-10-5-13(23)19(14(24)6-10)17-7-12(22)18-8-26-20(28-30(17)18)27-16-3-4-29(9-15(16)25)33(31,32)11-1-2-11/h5-8,11,15-16H,1-4,9H2,(H,27,28)/t15-,16-/m1/s1. The minimum atomic E-state index is -3.50. The molecule has 3 heterocycles. The van der Waals surface area contributed by atoms with E-state index in [0.717, 1.165) is 21.1 Å². The first kappa shape index (κ1) is 22.0. The van der Waals surface area contributed by atoms with Gasteiger partial charge < -0.3 is 5.32 Å². The Labute approximate surface area is 185 Å². The molecule has 33 heavy (non-hydrogen) atoms. The fourth-order valence-electron chi connectivity index (χ4n) is 4.00. The average Bonchev–Trinajstić information content (AvgIpc) is 3.55. The maximum atomic E-state index is 14.8. The zero-order valence-corrected chi connectivity index (χ0v) is 17.8. The summed E-state index contributed by atoms with van der Waals surface area (Å²) in [6.45, 7) is -0.192. The zero-order chi connectivity index (χ0) is 23.5. The van der Waals surface area contributed by atoms with Crippen molar-refractivity contribution < 1.29 is 30.4 Å². The number of piperidine rings is 1. The molecule has 2 fully saturated rings. The van der Waals surface area contributed by atoms with Gasteiger partial charge in [-0.3, -0.25) is 0 Å². The van der Waals surface area contributed by atoms with Crippen LogP contribution in [0.2, 0.25) is 0 Å². The molecule has 176 valence electrons. The van der Waals surface area contributed by atoms with Crippen LogP contribution in [0.5, 0.6) is 0 Å². The van der Waals surface area contributed by atoms with E-state index in [2.05, 4.69) is 15.4 Å². The molecule has 2 aromatic heterocycles. The van der Waals surface area contributed by atoms with Gasteiger partial charge in [0.25, 0.3) is 0 Å². The highest BCUT2D eigenvalue weighted by Crippen LogP contribution is 2.33. The second kappa shape index (κ2) is 7.90. The Morgan fingerprint density at radius 2 is 1.70 bits per heavy atom. The third kappa shape index (κ3) is 3.92. The number of nitrogens with zero attached hydrogens (tertiary/aromatic N) is 4. The van der Waals surface area contributed by atoms with Gasteiger partial charge in [0.15, 0.2) is 5.82 Å². The molecule has 0 spiro atoms. The molecule has 1 saturated carbocycles. The van der Waals surface area contributed by atoms with Gasteiger partial charge in [-0.05, 0) is 19.3 Å². The van der Waals surface area contributed by atoms with Crippen molar-refractivity contribution in [2.75, 3.05) is 18.4 Å². The SMILES string of the molecule is O=S(=O)(C1CC1)N1CC[C@@H](Nc2ncc3c(F)cc(-c4c(F)cc(F)cc4F)n3n2)[C@H](F)C1. The summed E-state index contributed by atoms with van der Waals surface area (Å²) in [7, 11) is -3.50. The van der Waals surface area contributed by atoms with Crippen LogP contribution >= 0.6 is 0 Å². The maximum Gasteiger partial charge on any atom is 0.241 e. The van der Waals surface area contributed by atoms with Crippen molar-refractivity contribution in [3.8, 4) is 11.3 Å². The Morgan fingerprint density at radius 3 is 2.33 bits per heavy atom. The van der Waals surface area contributed by atoms with Crippen molar-refractivity contribution in [3.63, 3.8) is 0 Å². The Kier molecular flexibility index (Phi) is 5.27. The van der Waals surface area contributed by atoms with Gasteiger partial charge in [-0.2, -0.15) is 4.31 Å². The molecule has 1 N–H and O–H groups in total. The molecule has 1 aromatic carbocycles. The number of aromatic nitrogens is 3. The number of hydrogen-bond acceptors (Lipinski definition) is 5. The van der Waals surface area contributed by atoms with E-state index >= 15 is 0 Å². The molecule has 1 saturated heterocycles. The molecule has 1 aliphatic heterocycles. The number of rotatable bonds is 5. The first-order chi connectivity index (χ1) is 15.6. The fraction of sp³-hybridized carbons (Fsp3) is 0.400. The second-order valence-electron chi connectivity index (χ2n) is 8.16. The molecule has 0 amide bonds. The maximum absolute atomic E-state index is 14.8. The van der Waals surface area contributed by atoms with Crippen LogP contribution in [0.4, 0.5) is 27.9 Å². The number of fused-ring (bicyclic) bond motifs is 1. The number of benzene rings is 1. The second-order valence-corrected chi connectivity index (χ2v) is 10.4. The number of halogens is 5. The molecular formula is C20H18F5N5O2S. The van der Waals surface area contributed by atoms with Crippen molar-refractivity contribution in [3.05, 3.63) is 47.7 Å². The summed E-state index contributed by atoms with van der Waals surface area (Å²) in [5.41, 5.74) is -1.19. The van der Waals surface area contributed by atoms with Crippen LogP contribution < -0.4 is 5.32 Å². The number of alkyl halides is 1. The van der Waals surface area contributed by atoms with Crippen molar-refractivity contribution in [2.45, 2.75) is 36.7 Å². The van der Waals surface area contributed by atoms with E-state index in [0.29, 0.717) is 25.0 Å². The highest BCUT2D eigenvalue weighted by molar-refractivity contribution is 7.90. The van der Waals surface area contributed by atoms with Crippen molar-refractivity contribution in [1.29, 1.82) is 0 Å². The number of anilines is 1. The minimum Gasteiger partial charge on any atom is -0.347 e. The third-order valence-corrected chi connectivity index (χ3v) is 8.22. The lowest BCUT2D eigenvalue weighted by Crippen LogP contribution is -2.50. The Morgan fingerprint density at radius 1 is 1.00 bits per heavy atom. The minimum absolute atomic E-state index is 0.120. The van der Waals surface area contributed by atoms with E-state index < -0.39 is 56.3 Å². The predicted molar refractivity (Wildman–Crippen MR) is 109 cm³/mol. The molecule has 0 bridgehead atoms. The molecule has 1 aliphatic carbocycles. The van der Waals surface area contributed by atoms with E-state index in [1.807, 2.05) is 0 Å². The van der Waals surface area contributed by atoms with Crippen molar-refractivity contribution in [2.24, 2.45) is 0 Å². The van der Waals surface area contributed by atoms with Gasteiger partial charge in [0.05, 0.1) is 28.7 Å². The largest absolute Gasteiger partial charge is 0.347 e. The molecule has 5 rings (SSSR count). The normalized spacial score (nSPS) is 22.1. The first-order valence-corrected chi connectivity index (χ1v) is 11.7. The smallest absolute Gasteiger partial charge is 0.241 e. The van der Waals surface area contributed by atoms with Gasteiger partial charge in [0, 0.05) is 31.3 Å². The van der Waals surface area contributed by atoms with Crippen molar-refractivity contribution >= 4 is 21.5 Å². The molecular weight excluding hydrogens is 469 g/mol. The summed E-state index contributed by atoms with van der Waals surface area (Å²) in [6.07, 6.45) is 0.808. The zero-order valence-electron chi connectivity index (χ0n) is 17.0. The van der Waals surface area contributed by atoms with E-state index in [4.69, 9.17) is 0 Å². The summed E-state index contributed by atoms with van der Waals surface area (Å²) in [5.74, 6) is -4.62. The Hall–Kier alpha value is -2.80. The summed E-state index contributed by atoms with van der Waals surface area (Å²) in [6, 6.07) is 0.948. The molecule has 3 aromatic rings. The highest BCUT2D eigenvalue weighted by Gasteiger charge is 2.43. The van der Waals surface area contributed by atoms with E-state index in [1.165, 1.54) is 0 Å². The lowest BCUT2D eigenvalue weighted by molar-refractivity contribution is 0.185. The lowest BCUT2D eigenvalue weighted by Gasteiger charge is -2.34. The number of hydrogen-bond donors (Lipinski definition) is 1. The van der Waals surface area contributed by atoms with Crippen LogP contribution in [-0.2, 0) is 10.0 Å². The molecule has 2 aliphatic rings. The summed E-state index contributed by atoms with van der Waals surface area (Å²) in [4.78, 5) is 3.94. The van der Waals surface area contributed by atoms with Crippen LogP contribution in [0.15, 0.2) is 24.4 Å². The van der Waals surface area contributed by atoms with Gasteiger partial charge in [0.2, 0.25) is 16.0 Å². The van der Waals surface area contributed by atoms with Gasteiger partial charge in [-0.15, -0.1) is 5.10 Å². The first-order valence-electron chi connectivity index (χ1n) is 10.2. The third-order valence-electron chi connectivity index (χ3n) is 5.86. The molecule has 0 radical (unpaired) electrons. The monoisotopic (exact) mass is 487 g/mol. The molecule has 2 atom stereocenters. The van der Waals surface area contributed by atoms with Gasteiger partial charge in [-0.1, -0.05) is 0 Å². The highest BCUT2D eigenvalue weighted by atomic mass is 32.2. The fourth-order valence-corrected chi connectivity index (χ4v) is 5.86. The van der Waals surface area contributed by atoms with E-state index in [-0.39, 0.29) is 36.7 Å². The topological polar surface area (TPSA) is 79.6 Å². The van der Waals surface area contributed by atoms with Crippen LogP contribution in [0.25, 0.3) is 16.8 Å². The Balaban J connectivity index is 1.42. The molecule has 13 heteroatoms. The summed E-state index contributed by atoms with van der Waals surface area (Å²) in [5, 5.41) is 6.36. The number of nitrogens with one attached hydrogen (secondary N) is 1. The molecule has 7 nitrogen and oxygen atoms in total. The van der Waals surface area contributed by atoms with Crippen LogP contribution in [0.1, 0.15) is 19.3 Å². The summed E-state index contributed by atoms with van der Waals surface area (Å²) >= 11 is 0. The quantitative estimate of drug-likeness (QED) is 0.559. The van der Waals surface area contributed by atoms with Crippen molar-refractivity contribution in [1.82, 2.24) is 18.9 Å². The lowest BCUT2D eigenvalue weighted by atomic mass is 10.1. The van der Waals surface area contributed by atoms with Crippen LogP contribution in [0.3, 0.4) is 0 Å². The van der Waals surface area contributed by atoms with E-state index in [9.17, 15) is 30.4 Å². The van der Waals surface area contributed by atoms with Crippen LogP contribution in [0, 0.1) is 23.3 Å². The average molecular weight is 487 g/mol. The number of sulfonamides is 1. The van der Waals surface area contributed by atoms with E-state index in [1.54, 1.807) is 0 Å². The molecule has 0 unspecified atom stereocenters. The Bertz CT molecular complexity index is 1320. The summed E-state index contributed by atoms with van der Waals surface area (Å²) < 4.78 is 97.7. The van der Waals surface area contributed by atoms with Crippen LogP contribution in [-0.4, -0.2) is 57.9 Å².